The largest absolute Gasteiger partial charge is 0.481 e. The Morgan fingerprint density at radius 3 is 2.71 bits per heavy atom. The van der Waals surface area contributed by atoms with Crippen molar-refractivity contribution in [2.75, 3.05) is 13.1 Å². The molecule has 1 heterocycles. The Bertz CT molecular complexity index is 206. The average molecular weight is 201 g/mol. The van der Waals surface area contributed by atoms with E-state index in [1.54, 1.807) is 6.92 Å². The number of carbonyl (C=O) groups is 1. The summed E-state index contributed by atoms with van der Waals surface area (Å²) in [5, 5.41) is 18.0. The Morgan fingerprint density at radius 1 is 1.64 bits per heavy atom. The van der Waals surface area contributed by atoms with Crippen LogP contribution >= 0.6 is 0 Å². The number of hydrogen-bond donors (Lipinski definition) is 2. The number of aliphatic carboxylic acids is 1. The minimum Gasteiger partial charge on any atom is -0.481 e. The summed E-state index contributed by atoms with van der Waals surface area (Å²) in [7, 11) is 0. The van der Waals surface area contributed by atoms with Crippen LogP contribution in [-0.2, 0) is 4.79 Å². The van der Waals surface area contributed by atoms with Gasteiger partial charge in [0.05, 0.1) is 12.0 Å². The monoisotopic (exact) mass is 201 g/mol. The molecule has 1 saturated heterocycles. The summed E-state index contributed by atoms with van der Waals surface area (Å²) >= 11 is 0. The number of likely N-dealkylation sites (tertiary alicyclic amines) is 1. The predicted molar refractivity (Wildman–Crippen MR) is 53.1 cm³/mol. The molecule has 1 rings (SSSR count). The molecule has 0 aromatic heterocycles. The van der Waals surface area contributed by atoms with Crippen LogP contribution in [0.15, 0.2) is 0 Å². The minimum atomic E-state index is -0.697. The van der Waals surface area contributed by atoms with Crippen molar-refractivity contribution in [3.8, 4) is 0 Å². The average Bonchev–Trinajstić information content (AvgIpc) is 2.43. The van der Waals surface area contributed by atoms with Gasteiger partial charge in [-0.1, -0.05) is 0 Å². The smallest absolute Gasteiger partial charge is 0.308 e. The highest BCUT2D eigenvalue weighted by Gasteiger charge is 2.35. The third-order valence-corrected chi connectivity index (χ3v) is 3.04. The molecule has 1 aliphatic heterocycles. The van der Waals surface area contributed by atoms with Crippen LogP contribution < -0.4 is 0 Å². The van der Waals surface area contributed by atoms with Gasteiger partial charge in [0.15, 0.2) is 0 Å². The quantitative estimate of drug-likeness (QED) is 0.697. The van der Waals surface area contributed by atoms with Gasteiger partial charge in [0.1, 0.15) is 0 Å². The van der Waals surface area contributed by atoms with E-state index in [0.717, 1.165) is 25.9 Å². The van der Waals surface area contributed by atoms with Crippen LogP contribution in [0.1, 0.15) is 26.7 Å². The van der Waals surface area contributed by atoms with Gasteiger partial charge in [-0.2, -0.15) is 0 Å². The summed E-state index contributed by atoms with van der Waals surface area (Å²) in [4.78, 5) is 13.0. The maximum Gasteiger partial charge on any atom is 0.308 e. The van der Waals surface area contributed by atoms with Crippen molar-refractivity contribution in [2.24, 2.45) is 5.92 Å². The lowest BCUT2D eigenvalue weighted by molar-refractivity contribution is -0.142. The first-order chi connectivity index (χ1) is 6.52. The molecule has 1 fully saturated rings. The molecule has 3 atom stereocenters. The number of carboxylic acid groups (broad SMARTS) is 1. The molecule has 2 N–H and O–H groups in total. The molecule has 1 aliphatic rings. The van der Waals surface area contributed by atoms with E-state index in [4.69, 9.17) is 10.2 Å². The van der Waals surface area contributed by atoms with Crippen LogP contribution in [0.4, 0.5) is 0 Å². The summed E-state index contributed by atoms with van der Waals surface area (Å²) in [5.41, 5.74) is 0. The number of carboxylic acids is 1. The van der Waals surface area contributed by atoms with Gasteiger partial charge in [0.2, 0.25) is 0 Å². The first-order valence-electron chi connectivity index (χ1n) is 5.17. The van der Waals surface area contributed by atoms with Crippen molar-refractivity contribution in [2.45, 2.75) is 38.8 Å². The van der Waals surface area contributed by atoms with Crippen molar-refractivity contribution in [3.63, 3.8) is 0 Å². The number of aliphatic hydroxyl groups is 1. The molecular weight excluding hydrogens is 182 g/mol. The van der Waals surface area contributed by atoms with E-state index >= 15 is 0 Å². The molecule has 0 amide bonds. The third kappa shape index (κ3) is 2.69. The zero-order chi connectivity index (χ0) is 10.7. The Hall–Kier alpha value is -0.610. The topological polar surface area (TPSA) is 60.8 Å². The number of aliphatic hydroxyl groups excluding tert-OH is 1. The number of hydrogen-bond acceptors (Lipinski definition) is 3. The van der Waals surface area contributed by atoms with Crippen LogP contribution in [0.25, 0.3) is 0 Å². The molecule has 0 saturated carbocycles. The van der Waals surface area contributed by atoms with Gasteiger partial charge in [-0.3, -0.25) is 9.69 Å². The SMILES string of the molecule is CC(O)CCN1CCC(C(=O)O)C1C. The standard InChI is InChI=1S/C10H19NO3/c1-7(12)3-5-11-6-4-9(8(11)2)10(13)14/h7-9,12H,3-6H2,1-2H3,(H,13,14). The molecule has 0 spiro atoms. The normalized spacial score (nSPS) is 30.5. The second-order valence-corrected chi connectivity index (χ2v) is 4.15. The highest BCUT2D eigenvalue weighted by atomic mass is 16.4. The van der Waals surface area contributed by atoms with Gasteiger partial charge in [0, 0.05) is 12.6 Å². The molecule has 4 heteroatoms. The van der Waals surface area contributed by atoms with Crippen LogP contribution in [0.5, 0.6) is 0 Å². The fourth-order valence-electron chi connectivity index (χ4n) is 2.00. The minimum absolute atomic E-state index is 0.103. The highest BCUT2D eigenvalue weighted by Crippen LogP contribution is 2.24. The van der Waals surface area contributed by atoms with E-state index < -0.39 is 5.97 Å². The zero-order valence-corrected chi connectivity index (χ0v) is 8.81. The first kappa shape index (κ1) is 11.5. The molecule has 0 radical (unpaired) electrons. The predicted octanol–water partition coefficient (Wildman–Crippen LogP) is 0.552. The fourth-order valence-corrected chi connectivity index (χ4v) is 2.00. The second-order valence-electron chi connectivity index (χ2n) is 4.15. The second kappa shape index (κ2) is 4.75. The van der Waals surface area contributed by atoms with E-state index in [-0.39, 0.29) is 18.1 Å². The van der Waals surface area contributed by atoms with Gasteiger partial charge in [-0.25, -0.2) is 0 Å². The van der Waals surface area contributed by atoms with Gasteiger partial charge < -0.3 is 10.2 Å². The highest BCUT2D eigenvalue weighted by molar-refractivity contribution is 5.71. The third-order valence-electron chi connectivity index (χ3n) is 3.04. The van der Waals surface area contributed by atoms with Crippen molar-refractivity contribution in [1.82, 2.24) is 4.90 Å². The van der Waals surface area contributed by atoms with Gasteiger partial charge in [-0.15, -0.1) is 0 Å². The van der Waals surface area contributed by atoms with E-state index in [9.17, 15) is 4.79 Å². The molecule has 0 aliphatic carbocycles. The van der Waals surface area contributed by atoms with Crippen LogP contribution in [-0.4, -0.2) is 46.3 Å². The Labute approximate surface area is 84.5 Å². The molecule has 82 valence electrons. The summed E-state index contributed by atoms with van der Waals surface area (Å²) < 4.78 is 0. The molecule has 4 nitrogen and oxygen atoms in total. The molecule has 0 aromatic carbocycles. The lowest BCUT2D eigenvalue weighted by Crippen LogP contribution is -2.34. The van der Waals surface area contributed by atoms with Gasteiger partial charge in [0.25, 0.3) is 0 Å². The van der Waals surface area contributed by atoms with Crippen molar-refractivity contribution in [3.05, 3.63) is 0 Å². The molecular formula is C10H19NO3. The summed E-state index contributed by atoms with van der Waals surface area (Å²) in [6.07, 6.45) is 1.15. The van der Waals surface area contributed by atoms with Crippen LogP contribution in [0.3, 0.4) is 0 Å². The first-order valence-corrected chi connectivity index (χ1v) is 5.17. The number of nitrogens with zero attached hydrogens (tertiary/aromatic N) is 1. The lowest BCUT2D eigenvalue weighted by atomic mass is 10.0. The van der Waals surface area contributed by atoms with Crippen molar-refractivity contribution < 1.29 is 15.0 Å². The van der Waals surface area contributed by atoms with Gasteiger partial charge >= 0.3 is 5.97 Å². The van der Waals surface area contributed by atoms with E-state index in [1.807, 2.05) is 6.92 Å². The van der Waals surface area contributed by atoms with Gasteiger partial charge in [-0.05, 0) is 33.2 Å². The maximum absolute atomic E-state index is 10.8. The van der Waals surface area contributed by atoms with Crippen molar-refractivity contribution in [1.29, 1.82) is 0 Å². The Kier molecular flexibility index (Phi) is 3.89. The number of rotatable bonds is 4. The van der Waals surface area contributed by atoms with Crippen LogP contribution in [0, 0.1) is 5.92 Å². The summed E-state index contributed by atoms with van der Waals surface area (Å²) in [6.45, 7) is 5.34. The van der Waals surface area contributed by atoms with E-state index in [0.29, 0.717) is 0 Å². The Balaban J connectivity index is 2.39. The Morgan fingerprint density at radius 2 is 2.29 bits per heavy atom. The van der Waals surface area contributed by atoms with Crippen molar-refractivity contribution >= 4 is 5.97 Å². The molecule has 0 aromatic rings. The molecule has 14 heavy (non-hydrogen) atoms. The lowest BCUT2D eigenvalue weighted by Gasteiger charge is -2.23. The summed E-state index contributed by atoms with van der Waals surface area (Å²) in [5.74, 6) is -0.930. The molecule has 3 unspecified atom stereocenters. The fraction of sp³-hybridized carbons (Fsp3) is 0.900. The zero-order valence-electron chi connectivity index (χ0n) is 8.81. The van der Waals surface area contributed by atoms with Crippen LogP contribution in [0.2, 0.25) is 0 Å². The molecule has 0 bridgehead atoms. The van der Waals surface area contributed by atoms with E-state index in [2.05, 4.69) is 4.90 Å². The summed E-state index contributed by atoms with van der Waals surface area (Å²) in [6, 6.07) is 0.103. The van der Waals surface area contributed by atoms with E-state index in [1.165, 1.54) is 0 Å². The maximum atomic E-state index is 10.8.